The van der Waals surface area contributed by atoms with Gasteiger partial charge in [-0.1, -0.05) is 72.8 Å². The Hall–Kier alpha value is -0.500. The van der Waals surface area contributed by atoms with Crippen molar-refractivity contribution in [1.29, 1.82) is 0 Å². The second kappa shape index (κ2) is 18.7. The third-order valence-electron chi connectivity index (χ3n) is 6.50. The van der Waals surface area contributed by atoms with Crippen LogP contribution in [0.5, 0.6) is 0 Å². The molecule has 202 valence electrons. The van der Waals surface area contributed by atoms with E-state index >= 15 is 0 Å². The number of hydrogen-bond acceptors (Lipinski definition) is 6. The maximum absolute atomic E-state index is 12.1. The number of hydrogen-bond donors (Lipinski definition) is 1. The topological polar surface area (TPSA) is 66.4 Å². The fourth-order valence-corrected chi connectivity index (χ4v) is 4.26. The highest BCUT2D eigenvalue weighted by atomic mass is 16.6. The molecular formula is C28H54O6. The first-order chi connectivity index (χ1) is 16.5. The van der Waals surface area contributed by atoms with Crippen molar-refractivity contribution in [2.45, 2.75) is 135 Å². The van der Waals surface area contributed by atoms with Crippen LogP contribution in [-0.4, -0.2) is 74.3 Å². The first kappa shape index (κ1) is 31.5. The van der Waals surface area contributed by atoms with Gasteiger partial charge in [-0.15, -0.1) is 6.58 Å². The predicted molar refractivity (Wildman–Crippen MR) is 138 cm³/mol. The second-order valence-corrected chi connectivity index (χ2v) is 9.45. The molecule has 0 aromatic rings. The molecule has 0 bridgehead atoms. The van der Waals surface area contributed by atoms with Gasteiger partial charge in [0.15, 0.2) is 0 Å². The van der Waals surface area contributed by atoms with Crippen molar-refractivity contribution in [3.05, 3.63) is 12.7 Å². The summed E-state index contributed by atoms with van der Waals surface area (Å²) in [7, 11) is 0. The summed E-state index contributed by atoms with van der Waals surface area (Å²) in [4.78, 5) is 0. The molecule has 1 rings (SSSR count). The number of unbranched alkanes of at least 4 members (excludes halogenated alkanes) is 5. The zero-order valence-corrected chi connectivity index (χ0v) is 22.8. The Morgan fingerprint density at radius 2 is 0.853 bits per heavy atom. The van der Waals surface area contributed by atoms with Crippen LogP contribution < -0.4 is 0 Å². The summed E-state index contributed by atoms with van der Waals surface area (Å²) in [5, 5.41) is 12.1. The molecule has 1 fully saturated rings. The molecule has 0 amide bonds. The Morgan fingerprint density at radius 1 is 0.559 bits per heavy atom. The quantitative estimate of drug-likeness (QED) is 0.162. The average Bonchev–Trinajstić information content (AvgIpc) is 2.84. The lowest BCUT2D eigenvalue weighted by molar-refractivity contribution is -0.296. The van der Waals surface area contributed by atoms with Crippen LogP contribution in [0.1, 0.15) is 98.8 Å². The van der Waals surface area contributed by atoms with Gasteiger partial charge in [0.2, 0.25) is 0 Å². The first-order valence-electron chi connectivity index (χ1n) is 14.0. The van der Waals surface area contributed by atoms with Crippen LogP contribution in [0.2, 0.25) is 0 Å². The number of aliphatic hydroxyl groups is 1. The molecule has 0 aromatic carbocycles. The van der Waals surface area contributed by atoms with Crippen molar-refractivity contribution in [2.75, 3.05) is 33.0 Å². The summed E-state index contributed by atoms with van der Waals surface area (Å²) in [5.41, 5.74) is -1.44. The minimum Gasteiger partial charge on any atom is -0.380 e. The third-order valence-corrected chi connectivity index (χ3v) is 6.50. The maximum atomic E-state index is 12.1. The molecule has 0 aromatic heterocycles. The molecule has 0 spiro atoms. The predicted octanol–water partition coefficient (Wildman–Crippen LogP) is 5.84. The molecule has 1 saturated carbocycles. The summed E-state index contributed by atoms with van der Waals surface area (Å²) in [6.45, 7) is 17.6. The van der Waals surface area contributed by atoms with Crippen molar-refractivity contribution in [3.63, 3.8) is 0 Å². The highest BCUT2D eigenvalue weighted by Crippen LogP contribution is 2.40. The molecule has 1 aliphatic carbocycles. The van der Waals surface area contributed by atoms with Crippen LogP contribution in [0.4, 0.5) is 0 Å². The molecule has 34 heavy (non-hydrogen) atoms. The highest BCUT2D eigenvalue weighted by molar-refractivity contribution is 5.18. The molecule has 1 N–H and O–H groups in total. The fourth-order valence-electron chi connectivity index (χ4n) is 4.26. The van der Waals surface area contributed by atoms with E-state index in [1.807, 2.05) is 0 Å². The van der Waals surface area contributed by atoms with Crippen molar-refractivity contribution >= 4 is 0 Å². The van der Waals surface area contributed by atoms with Gasteiger partial charge in [0.25, 0.3) is 0 Å². The Balaban J connectivity index is 3.40. The van der Waals surface area contributed by atoms with Crippen molar-refractivity contribution < 1.29 is 28.8 Å². The molecule has 6 nitrogen and oxygen atoms in total. The molecule has 0 heterocycles. The summed E-state index contributed by atoms with van der Waals surface area (Å²) in [6.07, 6.45) is 8.72. The highest BCUT2D eigenvalue weighted by Gasteiger charge is 2.60. The van der Waals surface area contributed by atoms with Crippen LogP contribution in [0.25, 0.3) is 0 Å². The average molecular weight is 487 g/mol. The molecule has 6 atom stereocenters. The Morgan fingerprint density at radius 3 is 1.15 bits per heavy atom. The lowest BCUT2D eigenvalue weighted by Crippen LogP contribution is -2.72. The summed E-state index contributed by atoms with van der Waals surface area (Å²) >= 11 is 0. The van der Waals surface area contributed by atoms with Gasteiger partial charge in [-0.25, -0.2) is 0 Å². The van der Waals surface area contributed by atoms with E-state index < -0.39 is 36.1 Å². The Kier molecular flexibility index (Phi) is 17.4. The van der Waals surface area contributed by atoms with Gasteiger partial charge < -0.3 is 28.8 Å². The summed E-state index contributed by atoms with van der Waals surface area (Å²) in [5.74, 6) is 0. The van der Waals surface area contributed by atoms with E-state index in [0.29, 0.717) is 33.0 Å². The standard InChI is InChI=1S/C28H54O6/c1-7-13-18-30-23-24(31-19-14-8-2)26(33-21-16-10-4)28(29,12-6)27(34-22-17-11-5)25(23)32-20-15-9-3/h12,23-27,29H,6-11,13-22H2,1-5H3/t23?,24?,25?,26-,27?,28?/m0/s1. The van der Waals surface area contributed by atoms with E-state index in [1.165, 1.54) is 0 Å². The molecule has 0 radical (unpaired) electrons. The lowest BCUT2D eigenvalue weighted by atomic mass is 9.74. The third kappa shape index (κ3) is 9.51. The van der Waals surface area contributed by atoms with Crippen LogP contribution in [0.15, 0.2) is 12.7 Å². The number of rotatable bonds is 21. The molecule has 0 aliphatic heterocycles. The molecular weight excluding hydrogens is 432 g/mol. The SMILES string of the molecule is C=CC1(O)C(OCCCC)C(OCCCC)C(OCCCC)C(OCCCC)[C@@H]1OCCCC. The van der Waals surface area contributed by atoms with E-state index in [4.69, 9.17) is 23.7 Å². The molecule has 1 aliphatic rings. The van der Waals surface area contributed by atoms with Gasteiger partial charge in [-0.3, -0.25) is 0 Å². The molecule has 0 saturated heterocycles. The Bertz CT molecular complexity index is 467. The van der Waals surface area contributed by atoms with Crippen LogP contribution >= 0.6 is 0 Å². The van der Waals surface area contributed by atoms with E-state index in [9.17, 15) is 5.11 Å². The molecule has 5 unspecified atom stereocenters. The smallest absolute Gasteiger partial charge is 0.140 e. The largest absolute Gasteiger partial charge is 0.380 e. The van der Waals surface area contributed by atoms with Crippen molar-refractivity contribution in [2.24, 2.45) is 0 Å². The van der Waals surface area contributed by atoms with Gasteiger partial charge >= 0.3 is 0 Å². The van der Waals surface area contributed by atoms with Gasteiger partial charge in [-0.2, -0.15) is 0 Å². The first-order valence-corrected chi connectivity index (χ1v) is 14.0. The van der Waals surface area contributed by atoms with E-state index in [0.717, 1.165) is 64.2 Å². The van der Waals surface area contributed by atoms with E-state index in [1.54, 1.807) is 6.08 Å². The van der Waals surface area contributed by atoms with Crippen molar-refractivity contribution in [1.82, 2.24) is 0 Å². The van der Waals surface area contributed by atoms with Gasteiger partial charge in [0.05, 0.1) is 0 Å². The van der Waals surface area contributed by atoms with Gasteiger partial charge in [0.1, 0.15) is 36.1 Å². The monoisotopic (exact) mass is 486 g/mol. The fraction of sp³-hybridized carbons (Fsp3) is 0.929. The molecule has 6 heteroatoms. The minimum absolute atomic E-state index is 0.390. The zero-order chi connectivity index (χ0) is 25.2. The Labute approximate surface area is 209 Å². The number of ether oxygens (including phenoxy) is 5. The van der Waals surface area contributed by atoms with Crippen LogP contribution in [0.3, 0.4) is 0 Å². The minimum atomic E-state index is -1.44. The summed E-state index contributed by atoms with van der Waals surface area (Å²) < 4.78 is 32.0. The summed E-state index contributed by atoms with van der Waals surface area (Å²) in [6, 6.07) is 0. The van der Waals surface area contributed by atoms with E-state index in [2.05, 4.69) is 41.2 Å². The lowest BCUT2D eigenvalue weighted by Gasteiger charge is -2.53. The van der Waals surface area contributed by atoms with Crippen LogP contribution in [0, 0.1) is 0 Å². The van der Waals surface area contributed by atoms with Gasteiger partial charge in [0, 0.05) is 33.0 Å². The second-order valence-electron chi connectivity index (χ2n) is 9.45. The van der Waals surface area contributed by atoms with Crippen LogP contribution in [-0.2, 0) is 23.7 Å². The zero-order valence-electron chi connectivity index (χ0n) is 22.8. The maximum Gasteiger partial charge on any atom is 0.140 e. The van der Waals surface area contributed by atoms with Crippen molar-refractivity contribution in [3.8, 4) is 0 Å². The van der Waals surface area contributed by atoms with Gasteiger partial charge in [-0.05, 0) is 32.1 Å². The van der Waals surface area contributed by atoms with E-state index in [-0.39, 0.29) is 0 Å². The normalized spacial score (nSPS) is 29.4.